The molecular formula is C8H8BrF3N2O. The number of nitrogens with zero attached hydrogens (tertiary/aromatic N) is 2. The third-order valence-electron chi connectivity index (χ3n) is 1.62. The highest BCUT2D eigenvalue weighted by atomic mass is 79.9. The summed E-state index contributed by atoms with van der Waals surface area (Å²) in [7, 11) is 0. The van der Waals surface area contributed by atoms with Crippen LogP contribution in [0.2, 0.25) is 0 Å². The summed E-state index contributed by atoms with van der Waals surface area (Å²) >= 11 is 2.66. The maximum absolute atomic E-state index is 12.4. The van der Waals surface area contributed by atoms with E-state index < -0.39 is 17.5 Å². The van der Waals surface area contributed by atoms with Crippen LogP contribution in [0.4, 0.5) is 13.2 Å². The van der Waals surface area contributed by atoms with Crippen molar-refractivity contribution < 1.29 is 18.3 Å². The van der Waals surface area contributed by atoms with Crippen LogP contribution in [-0.4, -0.2) is 15.1 Å². The Morgan fingerprint density at radius 1 is 1.33 bits per heavy atom. The van der Waals surface area contributed by atoms with E-state index in [0.717, 1.165) is 6.20 Å². The van der Waals surface area contributed by atoms with Gasteiger partial charge in [0.1, 0.15) is 10.2 Å². The Hall–Kier alpha value is -0.690. The van der Waals surface area contributed by atoms with Crippen LogP contribution in [0.1, 0.15) is 25.2 Å². The molecule has 0 radical (unpaired) electrons. The molecule has 0 saturated carbocycles. The number of aromatic nitrogens is 2. The van der Waals surface area contributed by atoms with Crippen LogP contribution in [0.25, 0.3) is 0 Å². The minimum atomic E-state index is -4.59. The first-order chi connectivity index (χ1) is 6.62. The van der Waals surface area contributed by atoms with Crippen LogP contribution >= 0.6 is 15.9 Å². The molecule has 0 aromatic carbocycles. The van der Waals surface area contributed by atoms with Crippen molar-refractivity contribution in [2.45, 2.75) is 25.6 Å². The van der Waals surface area contributed by atoms with Crippen molar-refractivity contribution in [2.75, 3.05) is 0 Å². The Bertz CT molecular complexity index is 373. The molecule has 0 amide bonds. The lowest BCUT2D eigenvalue weighted by Crippen LogP contribution is -2.21. The average molecular weight is 285 g/mol. The van der Waals surface area contributed by atoms with Crippen LogP contribution in [0.5, 0.6) is 0 Å². The molecule has 0 atom stereocenters. The van der Waals surface area contributed by atoms with Crippen molar-refractivity contribution in [3.05, 3.63) is 22.2 Å². The first-order valence-electron chi connectivity index (χ1n) is 3.95. The van der Waals surface area contributed by atoms with Crippen molar-refractivity contribution in [2.24, 2.45) is 0 Å². The molecule has 1 rings (SSSR count). The Morgan fingerprint density at radius 3 is 2.27 bits per heavy atom. The van der Waals surface area contributed by atoms with E-state index in [2.05, 4.69) is 25.9 Å². The quantitative estimate of drug-likeness (QED) is 0.862. The zero-order chi connectivity index (χ0) is 11.9. The largest absolute Gasteiger partial charge is 0.436 e. The van der Waals surface area contributed by atoms with Crippen LogP contribution in [0.15, 0.2) is 10.8 Å². The van der Waals surface area contributed by atoms with Gasteiger partial charge in [0.25, 0.3) is 0 Å². The molecule has 7 heteroatoms. The summed E-state index contributed by atoms with van der Waals surface area (Å²) in [4.78, 5) is 6.82. The van der Waals surface area contributed by atoms with E-state index in [1.54, 1.807) is 0 Å². The van der Waals surface area contributed by atoms with Crippen LogP contribution < -0.4 is 0 Å². The Morgan fingerprint density at radius 2 is 1.87 bits per heavy atom. The molecule has 3 nitrogen and oxygen atoms in total. The highest BCUT2D eigenvalue weighted by molar-refractivity contribution is 9.10. The van der Waals surface area contributed by atoms with Crippen LogP contribution in [-0.2, 0) is 11.8 Å². The van der Waals surface area contributed by atoms with Crippen molar-refractivity contribution in [3.8, 4) is 0 Å². The fourth-order valence-corrected chi connectivity index (χ4v) is 1.27. The van der Waals surface area contributed by atoms with Gasteiger partial charge in [0.2, 0.25) is 0 Å². The number of rotatable bonds is 1. The molecule has 0 bridgehead atoms. The zero-order valence-corrected chi connectivity index (χ0v) is 9.52. The second kappa shape index (κ2) is 3.71. The lowest BCUT2D eigenvalue weighted by atomic mass is 10.1. The predicted octanol–water partition coefficient (Wildman–Crippen LogP) is 2.49. The minimum Gasteiger partial charge on any atom is -0.384 e. The standard InChI is InChI=1S/C8H8BrF3N2O/c1-7(2,15)4-3-13-6(9)5(14-4)8(10,11)12/h3,15H,1-2H3. The van der Waals surface area contributed by atoms with Gasteiger partial charge in [0.15, 0.2) is 5.69 Å². The normalized spacial score (nSPS) is 13.0. The number of hydrogen-bond donors (Lipinski definition) is 1. The number of alkyl halides is 3. The van der Waals surface area contributed by atoms with E-state index >= 15 is 0 Å². The molecule has 1 aromatic heterocycles. The summed E-state index contributed by atoms with van der Waals surface area (Å²) in [6.45, 7) is 2.68. The smallest absolute Gasteiger partial charge is 0.384 e. The highest BCUT2D eigenvalue weighted by Crippen LogP contribution is 2.33. The van der Waals surface area contributed by atoms with E-state index in [4.69, 9.17) is 0 Å². The predicted molar refractivity (Wildman–Crippen MR) is 50.0 cm³/mol. The van der Waals surface area contributed by atoms with E-state index in [1.807, 2.05) is 0 Å². The Balaban J connectivity index is 3.30. The van der Waals surface area contributed by atoms with Crippen molar-refractivity contribution in [3.63, 3.8) is 0 Å². The second-order valence-electron chi connectivity index (χ2n) is 3.45. The van der Waals surface area contributed by atoms with Gasteiger partial charge in [0, 0.05) is 0 Å². The van der Waals surface area contributed by atoms with E-state index in [0.29, 0.717) is 0 Å². The summed E-state index contributed by atoms with van der Waals surface area (Å²) in [5.41, 5.74) is -2.71. The summed E-state index contributed by atoms with van der Waals surface area (Å²) in [5.74, 6) is 0. The number of aliphatic hydroxyl groups is 1. The van der Waals surface area contributed by atoms with E-state index in [9.17, 15) is 18.3 Å². The second-order valence-corrected chi connectivity index (χ2v) is 4.20. The summed E-state index contributed by atoms with van der Waals surface area (Å²) in [5, 5.41) is 9.48. The van der Waals surface area contributed by atoms with Gasteiger partial charge in [-0.15, -0.1) is 0 Å². The molecule has 15 heavy (non-hydrogen) atoms. The molecule has 1 N–H and O–H groups in total. The highest BCUT2D eigenvalue weighted by Gasteiger charge is 2.37. The summed E-state index contributed by atoms with van der Waals surface area (Å²) in [6.07, 6.45) is -3.49. The van der Waals surface area contributed by atoms with E-state index in [1.165, 1.54) is 13.8 Å². The van der Waals surface area contributed by atoms with E-state index in [-0.39, 0.29) is 10.3 Å². The van der Waals surface area contributed by atoms with Gasteiger partial charge < -0.3 is 5.11 Å². The molecule has 1 aromatic rings. The fourth-order valence-electron chi connectivity index (χ4n) is 0.850. The van der Waals surface area contributed by atoms with Crippen molar-refractivity contribution >= 4 is 15.9 Å². The molecule has 0 aliphatic rings. The van der Waals surface area contributed by atoms with Gasteiger partial charge in [0.05, 0.1) is 11.9 Å². The van der Waals surface area contributed by atoms with Gasteiger partial charge in [-0.25, -0.2) is 9.97 Å². The maximum Gasteiger partial charge on any atom is 0.436 e. The van der Waals surface area contributed by atoms with Gasteiger partial charge in [-0.3, -0.25) is 0 Å². The molecular weight excluding hydrogens is 277 g/mol. The lowest BCUT2D eigenvalue weighted by Gasteiger charge is -2.17. The molecule has 0 fully saturated rings. The van der Waals surface area contributed by atoms with Gasteiger partial charge in [-0.2, -0.15) is 13.2 Å². The molecule has 0 saturated heterocycles. The fraction of sp³-hybridized carbons (Fsp3) is 0.500. The van der Waals surface area contributed by atoms with Gasteiger partial charge in [-0.05, 0) is 29.8 Å². The van der Waals surface area contributed by atoms with Crippen molar-refractivity contribution in [1.82, 2.24) is 9.97 Å². The Kier molecular flexibility index (Phi) is 3.06. The third-order valence-corrected chi connectivity index (χ3v) is 2.20. The SMILES string of the molecule is CC(C)(O)c1cnc(Br)c(C(F)(F)F)n1. The first kappa shape index (κ1) is 12.4. The Labute approximate surface area is 92.5 Å². The zero-order valence-electron chi connectivity index (χ0n) is 7.93. The molecule has 0 spiro atoms. The average Bonchev–Trinajstić information content (AvgIpc) is 2.00. The number of hydrogen-bond acceptors (Lipinski definition) is 3. The van der Waals surface area contributed by atoms with Gasteiger partial charge in [-0.1, -0.05) is 0 Å². The summed E-state index contributed by atoms with van der Waals surface area (Å²) < 4.78 is 36.8. The number of halogens is 4. The lowest BCUT2D eigenvalue weighted by molar-refractivity contribution is -0.142. The van der Waals surface area contributed by atoms with Crippen molar-refractivity contribution in [1.29, 1.82) is 0 Å². The third kappa shape index (κ3) is 2.88. The topological polar surface area (TPSA) is 46.0 Å². The maximum atomic E-state index is 12.4. The summed E-state index contributed by atoms with van der Waals surface area (Å²) in [6, 6.07) is 0. The van der Waals surface area contributed by atoms with Gasteiger partial charge >= 0.3 is 6.18 Å². The van der Waals surface area contributed by atoms with Crippen LogP contribution in [0.3, 0.4) is 0 Å². The first-order valence-corrected chi connectivity index (χ1v) is 4.74. The minimum absolute atomic E-state index is 0.127. The molecule has 0 aliphatic heterocycles. The molecule has 1 heterocycles. The molecule has 0 unspecified atom stereocenters. The molecule has 0 aliphatic carbocycles. The molecule has 84 valence electrons. The monoisotopic (exact) mass is 284 g/mol. The van der Waals surface area contributed by atoms with Crippen LogP contribution in [0, 0.1) is 0 Å².